The number of carbonyl (C=O) groups excluding carboxylic acids is 1. The second kappa shape index (κ2) is 7.89. The summed E-state index contributed by atoms with van der Waals surface area (Å²) < 4.78 is 83.1. The molecule has 0 saturated heterocycles. The second-order valence-corrected chi connectivity index (χ2v) is 5.50. The van der Waals surface area contributed by atoms with Crippen molar-refractivity contribution in [3.05, 3.63) is 65.2 Å². The lowest BCUT2D eigenvalue weighted by Crippen LogP contribution is -2.25. The number of para-hydroxylation sites is 1. The van der Waals surface area contributed by atoms with Crippen LogP contribution in [0.2, 0.25) is 0 Å². The molecule has 1 unspecified atom stereocenters. The average Bonchev–Trinajstić information content (AvgIpc) is 2.58. The van der Waals surface area contributed by atoms with Gasteiger partial charge in [0.05, 0.1) is 17.7 Å². The zero-order valence-electron chi connectivity index (χ0n) is 14.0. The normalized spacial score (nSPS) is 13.1. The van der Waals surface area contributed by atoms with Crippen molar-refractivity contribution < 1.29 is 35.9 Å². The van der Waals surface area contributed by atoms with Crippen molar-refractivity contribution >= 4 is 11.7 Å². The quantitative estimate of drug-likeness (QED) is 0.545. The van der Waals surface area contributed by atoms with Gasteiger partial charge >= 0.3 is 18.3 Å². The van der Waals surface area contributed by atoms with Gasteiger partial charge < -0.3 is 10.1 Å². The number of anilines is 1. The fourth-order valence-corrected chi connectivity index (χ4v) is 2.41. The third kappa shape index (κ3) is 5.15. The van der Waals surface area contributed by atoms with Crippen LogP contribution in [0.15, 0.2) is 48.5 Å². The summed E-state index contributed by atoms with van der Waals surface area (Å²) in [6.45, 7) is 1.39. The van der Waals surface area contributed by atoms with E-state index in [1.807, 2.05) is 0 Å². The molecule has 0 radical (unpaired) electrons. The summed E-state index contributed by atoms with van der Waals surface area (Å²) in [6.07, 6.45) is -9.38. The molecule has 3 nitrogen and oxygen atoms in total. The molecule has 9 heteroatoms. The van der Waals surface area contributed by atoms with Crippen LogP contribution in [0.5, 0.6) is 0 Å². The topological polar surface area (TPSA) is 38.3 Å². The van der Waals surface area contributed by atoms with Crippen molar-refractivity contribution in [2.24, 2.45) is 0 Å². The van der Waals surface area contributed by atoms with Crippen LogP contribution in [0, 0.1) is 0 Å². The number of esters is 1. The molecular weight excluding hydrogens is 376 g/mol. The van der Waals surface area contributed by atoms with E-state index in [2.05, 4.69) is 5.32 Å². The van der Waals surface area contributed by atoms with Gasteiger partial charge in [-0.05, 0) is 36.8 Å². The second-order valence-electron chi connectivity index (χ2n) is 5.50. The van der Waals surface area contributed by atoms with Crippen LogP contribution < -0.4 is 5.32 Å². The van der Waals surface area contributed by atoms with Crippen LogP contribution in [-0.4, -0.2) is 12.6 Å². The molecule has 0 aromatic heterocycles. The molecule has 0 aliphatic rings. The third-order valence-corrected chi connectivity index (χ3v) is 3.60. The van der Waals surface area contributed by atoms with Crippen molar-refractivity contribution in [1.29, 1.82) is 0 Å². The number of hydrogen-bond acceptors (Lipinski definition) is 3. The van der Waals surface area contributed by atoms with E-state index in [-0.39, 0.29) is 12.2 Å². The minimum atomic E-state index is -4.71. The van der Waals surface area contributed by atoms with E-state index in [9.17, 15) is 31.1 Å². The first-order chi connectivity index (χ1) is 12.5. The van der Waals surface area contributed by atoms with Crippen LogP contribution in [0.3, 0.4) is 0 Å². The maximum absolute atomic E-state index is 13.2. The van der Waals surface area contributed by atoms with Gasteiger partial charge in [0.15, 0.2) is 6.04 Å². The standard InChI is InChI=1S/C18H15F6NO2/c1-2-27-16(26)15(11-6-5-7-12(10-11)17(19,20)21)25-14-9-4-3-8-13(14)18(22,23)24/h3-10,15,25H,2H2,1H3. The van der Waals surface area contributed by atoms with E-state index < -0.39 is 41.2 Å². The summed E-state index contributed by atoms with van der Waals surface area (Å²) in [7, 11) is 0. The minimum Gasteiger partial charge on any atom is -0.464 e. The molecule has 1 atom stereocenters. The molecular formula is C18H15F6NO2. The van der Waals surface area contributed by atoms with E-state index in [0.717, 1.165) is 30.3 Å². The minimum absolute atomic E-state index is 0.0864. The molecule has 2 rings (SSSR count). The Morgan fingerprint density at radius 2 is 1.67 bits per heavy atom. The Labute approximate surface area is 150 Å². The zero-order valence-corrected chi connectivity index (χ0v) is 14.0. The molecule has 0 spiro atoms. The van der Waals surface area contributed by atoms with Gasteiger partial charge in [-0.3, -0.25) is 0 Å². The van der Waals surface area contributed by atoms with Crippen molar-refractivity contribution in [2.45, 2.75) is 25.3 Å². The maximum atomic E-state index is 13.2. The number of halogens is 6. The van der Waals surface area contributed by atoms with Crippen LogP contribution in [0.25, 0.3) is 0 Å². The fourth-order valence-electron chi connectivity index (χ4n) is 2.41. The van der Waals surface area contributed by atoms with Crippen LogP contribution in [0.4, 0.5) is 32.0 Å². The summed E-state index contributed by atoms with van der Waals surface area (Å²) in [4.78, 5) is 12.2. The average molecular weight is 391 g/mol. The maximum Gasteiger partial charge on any atom is 0.418 e. The smallest absolute Gasteiger partial charge is 0.418 e. The molecule has 2 aromatic carbocycles. The molecule has 2 aromatic rings. The van der Waals surface area contributed by atoms with Crippen LogP contribution in [0.1, 0.15) is 29.7 Å². The highest BCUT2D eigenvalue weighted by molar-refractivity contribution is 5.81. The fraction of sp³-hybridized carbons (Fsp3) is 0.278. The number of ether oxygens (including phenoxy) is 1. The van der Waals surface area contributed by atoms with Gasteiger partial charge in [-0.1, -0.05) is 24.3 Å². The van der Waals surface area contributed by atoms with Crippen LogP contribution >= 0.6 is 0 Å². The predicted octanol–water partition coefficient (Wildman–Crippen LogP) is 5.44. The zero-order chi connectivity index (χ0) is 20.2. The van der Waals surface area contributed by atoms with Gasteiger partial charge in [-0.15, -0.1) is 0 Å². The first-order valence-electron chi connectivity index (χ1n) is 7.80. The molecule has 0 amide bonds. The summed E-state index contributed by atoms with van der Waals surface area (Å²) in [5, 5.41) is 2.37. The number of hydrogen-bond donors (Lipinski definition) is 1. The van der Waals surface area contributed by atoms with E-state index in [1.165, 1.54) is 19.1 Å². The molecule has 0 bridgehead atoms. The Morgan fingerprint density at radius 3 is 2.26 bits per heavy atom. The number of alkyl halides is 6. The molecule has 0 saturated carbocycles. The third-order valence-electron chi connectivity index (χ3n) is 3.60. The number of nitrogens with one attached hydrogen (secondary N) is 1. The highest BCUT2D eigenvalue weighted by Gasteiger charge is 2.36. The monoisotopic (exact) mass is 391 g/mol. The Hall–Kier alpha value is -2.71. The highest BCUT2D eigenvalue weighted by atomic mass is 19.4. The lowest BCUT2D eigenvalue weighted by Gasteiger charge is -2.22. The molecule has 0 aliphatic carbocycles. The summed E-state index contributed by atoms with van der Waals surface area (Å²) >= 11 is 0. The van der Waals surface area contributed by atoms with Gasteiger partial charge in [0, 0.05) is 5.69 Å². The largest absolute Gasteiger partial charge is 0.464 e. The van der Waals surface area contributed by atoms with Gasteiger partial charge in [0.2, 0.25) is 0 Å². The Balaban J connectivity index is 2.48. The predicted molar refractivity (Wildman–Crippen MR) is 85.9 cm³/mol. The first kappa shape index (κ1) is 20.6. The van der Waals surface area contributed by atoms with Crippen molar-refractivity contribution in [1.82, 2.24) is 0 Å². The molecule has 1 N–H and O–H groups in total. The Morgan fingerprint density at radius 1 is 1.00 bits per heavy atom. The number of carbonyl (C=O) groups is 1. The van der Waals surface area contributed by atoms with E-state index in [1.54, 1.807) is 0 Å². The molecule has 146 valence electrons. The molecule has 0 aliphatic heterocycles. The lowest BCUT2D eigenvalue weighted by atomic mass is 10.0. The molecule has 27 heavy (non-hydrogen) atoms. The number of rotatable bonds is 5. The Kier molecular flexibility index (Phi) is 6.02. The van der Waals surface area contributed by atoms with Crippen molar-refractivity contribution in [2.75, 3.05) is 11.9 Å². The lowest BCUT2D eigenvalue weighted by molar-refractivity contribution is -0.145. The van der Waals surface area contributed by atoms with Gasteiger partial charge in [0.25, 0.3) is 0 Å². The highest BCUT2D eigenvalue weighted by Crippen LogP contribution is 2.37. The number of benzene rings is 2. The van der Waals surface area contributed by atoms with E-state index >= 15 is 0 Å². The summed E-state index contributed by atoms with van der Waals surface area (Å²) in [5.74, 6) is -0.992. The summed E-state index contributed by atoms with van der Waals surface area (Å²) in [6, 6.07) is 6.60. The van der Waals surface area contributed by atoms with Crippen LogP contribution in [-0.2, 0) is 21.9 Å². The van der Waals surface area contributed by atoms with E-state index in [0.29, 0.717) is 6.07 Å². The molecule has 0 fully saturated rings. The van der Waals surface area contributed by atoms with Gasteiger partial charge in [-0.25, -0.2) is 4.79 Å². The van der Waals surface area contributed by atoms with E-state index in [4.69, 9.17) is 4.74 Å². The summed E-state index contributed by atoms with van der Waals surface area (Å²) in [5.41, 5.74) is -2.69. The van der Waals surface area contributed by atoms with Crippen molar-refractivity contribution in [3.63, 3.8) is 0 Å². The SMILES string of the molecule is CCOC(=O)C(Nc1ccccc1C(F)(F)F)c1cccc(C(F)(F)F)c1. The Bertz CT molecular complexity index is 801. The van der Waals surface area contributed by atoms with Gasteiger partial charge in [0.1, 0.15) is 0 Å². The first-order valence-corrected chi connectivity index (χ1v) is 7.80. The van der Waals surface area contributed by atoms with Gasteiger partial charge in [-0.2, -0.15) is 26.3 Å². The molecule has 0 heterocycles. The van der Waals surface area contributed by atoms with Crippen molar-refractivity contribution in [3.8, 4) is 0 Å².